The summed E-state index contributed by atoms with van der Waals surface area (Å²) in [6, 6.07) is 0. The Morgan fingerprint density at radius 2 is 2.53 bits per heavy atom. The van der Waals surface area contributed by atoms with Crippen molar-refractivity contribution in [1.29, 1.82) is 0 Å². The van der Waals surface area contributed by atoms with Crippen molar-refractivity contribution in [3.63, 3.8) is 0 Å². The summed E-state index contributed by atoms with van der Waals surface area (Å²) in [4.78, 5) is 4.25. The molecule has 1 unspecified atom stereocenters. The summed E-state index contributed by atoms with van der Waals surface area (Å²) in [5.74, 6) is 1.02. The molecule has 2 N–H and O–H groups in total. The molecule has 1 fully saturated rings. The zero-order valence-electron chi connectivity index (χ0n) is 9.45. The number of nitrogens with zero attached hydrogens (tertiary/aromatic N) is 3. The molecule has 0 aliphatic carbocycles. The van der Waals surface area contributed by atoms with Crippen molar-refractivity contribution in [2.45, 2.75) is 38.9 Å². The Hall–Kier alpha value is -0.940. The van der Waals surface area contributed by atoms with Gasteiger partial charge in [-0.3, -0.25) is 0 Å². The standard InChI is InChI=1S/C10H19N5/c1-3-15-9(12-8-14-15)6-13-10(2)4-5-11-7-10/h8,11,13H,3-7H2,1-2H3. The minimum Gasteiger partial charge on any atom is -0.315 e. The average molecular weight is 209 g/mol. The lowest BCUT2D eigenvalue weighted by molar-refractivity contribution is 0.374. The molecule has 0 amide bonds. The summed E-state index contributed by atoms with van der Waals surface area (Å²) < 4.78 is 1.93. The fourth-order valence-electron chi connectivity index (χ4n) is 1.95. The van der Waals surface area contributed by atoms with Crippen molar-refractivity contribution >= 4 is 0 Å². The maximum atomic E-state index is 4.25. The summed E-state index contributed by atoms with van der Waals surface area (Å²) >= 11 is 0. The van der Waals surface area contributed by atoms with Crippen LogP contribution >= 0.6 is 0 Å². The predicted octanol–water partition coefficient (Wildman–Crippen LogP) is 0.140. The van der Waals surface area contributed by atoms with Gasteiger partial charge in [0.25, 0.3) is 0 Å². The maximum Gasteiger partial charge on any atom is 0.140 e. The van der Waals surface area contributed by atoms with E-state index in [1.165, 1.54) is 6.42 Å². The van der Waals surface area contributed by atoms with Gasteiger partial charge in [0.05, 0.1) is 6.54 Å². The molecule has 1 aromatic rings. The summed E-state index contributed by atoms with van der Waals surface area (Å²) in [5, 5.41) is 11.1. The summed E-state index contributed by atoms with van der Waals surface area (Å²) in [5.41, 5.74) is 0.213. The van der Waals surface area contributed by atoms with Crippen LogP contribution in [0.4, 0.5) is 0 Å². The van der Waals surface area contributed by atoms with Crippen molar-refractivity contribution in [3.05, 3.63) is 12.2 Å². The molecule has 0 saturated carbocycles. The fourth-order valence-corrected chi connectivity index (χ4v) is 1.95. The van der Waals surface area contributed by atoms with Gasteiger partial charge < -0.3 is 10.6 Å². The molecule has 15 heavy (non-hydrogen) atoms. The van der Waals surface area contributed by atoms with Gasteiger partial charge in [-0.1, -0.05) is 0 Å². The quantitative estimate of drug-likeness (QED) is 0.740. The highest BCUT2D eigenvalue weighted by molar-refractivity contribution is 4.94. The largest absolute Gasteiger partial charge is 0.315 e. The lowest BCUT2D eigenvalue weighted by Crippen LogP contribution is -2.44. The molecule has 1 aliphatic rings. The van der Waals surface area contributed by atoms with E-state index in [1.54, 1.807) is 6.33 Å². The van der Waals surface area contributed by atoms with E-state index in [2.05, 4.69) is 34.6 Å². The van der Waals surface area contributed by atoms with Crippen LogP contribution < -0.4 is 10.6 Å². The highest BCUT2D eigenvalue weighted by atomic mass is 15.3. The summed E-state index contributed by atoms with van der Waals surface area (Å²) in [6.07, 6.45) is 2.79. The van der Waals surface area contributed by atoms with E-state index < -0.39 is 0 Å². The Morgan fingerprint density at radius 3 is 3.20 bits per heavy atom. The normalized spacial score (nSPS) is 26.0. The van der Waals surface area contributed by atoms with Crippen molar-refractivity contribution in [3.8, 4) is 0 Å². The number of hydrogen-bond acceptors (Lipinski definition) is 4. The van der Waals surface area contributed by atoms with Crippen molar-refractivity contribution in [2.24, 2.45) is 0 Å². The molecule has 2 rings (SSSR count). The Morgan fingerprint density at radius 1 is 1.67 bits per heavy atom. The third kappa shape index (κ3) is 2.35. The second kappa shape index (κ2) is 4.28. The van der Waals surface area contributed by atoms with Gasteiger partial charge in [0.2, 0.25) is 0 Å². The van der Waals surface area contributed by atoms with Crippen LogP contribution in [0.3, 0.4) is 0 Å². The second-order valence-electron chi connectivity index (χ2n) is 4.33. The van der Waals surface area contributed by atoms with Gasteiger partial charge in [0.15, 0.2) is 0 Å². The van der Waals surface area contributed by atoms with E-state index in [4.69, 9.17) is 0 Å². The van der Waals surface area contributed by atoms with Crippen molar-refractivity contribution in [2.75, 3.05) is 13.1 Å². The van der Waals surface area contributed by atoms with Crippen molar-refractivity contribution in [1.82, 2.24) is 25.4 Å². The van der Waals surface area contributed by atoms with Crippen LogP contribution in [-0.2, 0) is 13.1 Å². The van der Waals surface area contributed by atoms with E-state index >= 15 is 0 Å². The first-order chi connectivity index (χ1) is 7.23. The van der Waals surface area contributed by atoms with E-state index in [-0.39, 0.29) is 5.54 Å². The molecule has 0 radical (unpaired) electrons. The molecule has 0 bridgehead atoms. The number of hydrogen-bond donors (Lipinski definition) is 2. The SMILES string of the molecule is CCn1ncnc1CNC1(C)CCNC1. The Bertz CT molecular complexity index is 313. The van der Waals surface area contributed by atoms with Crippen molar-refractivity contribution < 1.29 is 0 Å². The van der Waals surface area contributed by atoms with Gasteiger partial charge >= 0.3 is 0 Å². The minimum absolute atomic E-state index is 0.213. The lowest BCUT2D eigenvalue weighted by atomic mass is 10.0. The van der Waals surface area contributed by atoms with Gasteiger partial charge in [-0.15, -0.1) is 0 Å². The molecule has 0 aromatic carbocycles. The van der Waals surface area contributed by atoms with E-state index in [0.717, 1.165) is 32.0 Å². The average Bonchev–Trinajstić information content (AvgIpc) is 2.84. The molecule has 84 valence electrons. The first-order valence-electron chi connectivity index (χ1n) is 5.56. The molecule has 1 saturated heterocycles. The number of aromatic nitrogens is 3. The topological polar surface area (TPSA) is 54.8 Å². The first kappa shape index (κ1) is 10.6. The van der Waals surface area contributed by atoms with E-state index in [1.807, 2.05) is 4.68 Å². The monoisotopic (exact) mass is 209 g/mol. The van der Waals surface area contributed by atoms with Crippen LogP contribution in [0.15, 0.2) is 6.33 Å². The molecule has 1 atom stereocenters. The zero-order chi connectivity index (χ0) is 10.7. The van der Waals surface area contributed by atoms with Crippen LogP contribution in [0.1, 0.15) is 26.1 Å². The summed E-state index contributed by atoms with van der Waals surface area (Å²) in [6.45, 7) is 8.14. The highest BCUT2D eigenvalue weighted by Crippen LogP contribution is 2.13. The molecular formula is C10H19N5. The van der Waals surface area contributed by atoms with Gasteiger partial charge in [0, 0.05) is 18.6 Å². The Labute approximate surface area is 90.3 Å². The van der Waals surface area contributed by atoms with Gasteiger partial charge in [-0.2, -0.15) is 5.10 Å². The Kier molecular flexibility index (Phi) is 3.02. The maximum absolute atomic E-state index is 4.25. The number of rotatable bonds is 4. The minimum atomic E-state index is 0.213. The molecular weight excluding hydrogens is 190 g/mol. The Balaban J connectivity index is 1.92. The van der Waals surface area contributed by atoms with Crippen LogP contribution in [0.2, 0.25) is 0 Å². The third-order valence-corrected chi connectivity index (χ3v) is 3.04. The van der Waals surface area contributed by atoms with Gasteiger partial charge in [-0.05, 0) is 26.8 Å². The zero-order valence-corrected chi connectivity index (χ0v) is 9.45. The summed E-state index contributed by atoms with van der Waals surface area (Å²) in [7, 11) is 0. The predicted molar refractivity (Wildman–Crippen MR) is 58.4 cm³/mol. The number of aryl methyl sites for hydroxylation is 1. The molecule has 2 heterocycles. The number of nitrogens with one attached hydrogen (secondary N) is 2. The van der Waals surface area contributed by atoms with E-state index in [0.29, 0.717) is 0 Å². The molecule has 5 heteroatoms. The smallest absolute Gasteiger partial charge is 0.140 e. The molecule has 1 aromatic heterocycles. The van der Waals surface area contributed by atoms with Crippen LogP contribution in [0.5, 0.6) is 0 Å². The molecule has 5 nitrogen and oxygen atoms in total. The first-order valence-corrected chi connectivity index (χ1v) is 5.56. The molecule has 0 spiro atoms. The van der Waals surface area contributed by atoms with Gasteiger partial charge in [0.1, 0.15) is 12.2 Å². The lowest BCUT2D eigenvalue weighted by Gasteiger charge is -2.24. The van der Waals surface area contributed by atoms with Gasteiger partial charge in [-0.25, -0.2) is 9.67 Å². The van der Waals surface area contributed by atoms with Crippen LogP contribution in [0.25, 0.3) is 0 Å². The van der Waals surface area contributed by atoms with Crippen LogP contribution in [-0.4, -0.2) is 33.4 Å². The van der Waals surface area contributed by atoms with E-state index in [9.17, 15) is 0 Å². The highest BCUT2D eigenvalue weighted by Gasteiger charge is 2.27. The molecule has 1 aliphatic heterocycles. The van der Waals surface area contributed by atoms with Crippen LogP contribution in [0, 0.1) is 0 Å². The second-order valence-corrected chi connectivity index (χ2v) is 4.33. The third-order valence-electron chi connectivity index (χ3n) is 3.04. The fraction of sp³-hybridized carbons (Fsp3) is 0.800.